The highest BCUT2D eigenvalue weighted by Gasteiger charge is 2.32. The Morgan fingerprint density at radius 2 is 2.20 bits per heavy atom. The van der Waals surface area contributed by atoms with Crippen LogP contribution in [0.25, 0.3) is 10.9 Å². The number of nitrogens with zero attached hydrogens (tertiary/aromatic N) is 1. The molecule has 2 heterocycles. The minimum Gasteiger partial charge on any atom is -0.393 e. The smallest absolute Gasteiger partial charge is 0.143 e. The van der Waals surface area contributed by atoms with Crippen molar-refractivity contribution in [2.24, 2.45) is 0 Å². The number of aromatic amines is 1. The number of hydrogen-bond acceptors (Lipinski definition) is 2. The number of rotatable bonds is 3. The third kappa shape index (κ3) is 2.34. The number of alkyl halides is 1. The highest BCUT2D eigenvalue weighted by molar-refractivity contribution is 5.84. The molecule has 0 aliphatic carbocycles. The molecule has 20 heavy (non-hydrogen) atoms. The fraction of sp³-hybridized carbons (Fsp3) is 0.500. The van der Waals surface area contributed by atoms with Gasteiger partial charge in [-0.2, -0.15) is 0 Å². The zero-order valence-electron chi connectivity index (χ0n) is 12.0. The molecule has 4 heteroatoms. The third-order valence-electron chi connectivity index (χ3n) is 4.25. The van der Waals surface area contributed by atoms with E-state index in [-0.39, 0.29) is 12.6 Å². The maximum Gasteiger partial charge on any atom is 0.143 e. The quantitative estimate of drug-likeness (QED) is 0.904. The second kappa shape index (κ2) is 4.86. The summed E-state index contributed by atoms with van der Waals surface area (Å²) in [5.41, 5.74) is 2.14. The number of aliphatic hydroxyl groups is 1. The second-order valence-electron chi connectivity index (χ2n) is 6.16. The third-order valence-corrected chi connectivity index (χ3v) is 4.25. The molecular formula is C16H21FN2O. The highest BCUT2D eigenvalue weighted by Crippen LogP contribution is 2.31. The molecule has 0 fully saturated rings. The SMILES string of the molecule is C[C@@H]1Cc2c([nH]c3ccccc23)CN1C[C@@](C)(F)CO. The predicted molar refractivity (Wildman–Crippen MR) is 78.5 cm³/mol. The van der Waals surface area contributed by atoms with Crippen LogP contribution in [0.5, 0.6) is 0 Å². The molecule has 0 saturated carbocycles. The van der Waals surface area contributed by atoms with Gasteiger partial charge in [0.2, 0.25) is 0 Å². The minimum absolute atomic E-state index is 0.263. The lowest BCUT2D eigenvalue weighted by atomic mass is 9.96. The number of aliphatic hydroxyl groups excluding tert-OH is 1. The van der Waals surface area contributed by atoms with Crippen LogP contribution in [0.2, 0.25) is 0 Å². The molecule has 3 rings (SSSR count). The Balaban J connectivity index is 1.90. The standard InChI is InChI=1S/C16H21FN2O/c1-11-7-13-12-5-3-4-6-14(12)18-15(13)8-19(11)9-16(2,17)10-20/h3-6,11,18,20H,7-10H2,1-2H3/t11-,16-/m1/s1. The Bertz CT molecular complexity index is 620. The van der Waals surface area contributed by atoms with Crippen molar-refractivity contribution in [3.8, 4) is 0 Å². The van der Waals surface area contributed by atoms with E-state index in [1.807, 2.05) is 6.07 Å². The highest BCUT2D eigenvalue weighted by atomic mass is 19.1. The first-order valence-corrected chi connectivity index (χ1v) is 7.12. The predicted octanol–water partition coefficient (Wildman–Crippen LogP) is 2.64. The lowest BCUT2D eigenvalue weighted by Gasteiger charge is -2.36. The topological polar surface area (TPSA) is 39.3 Å². The van der Waals surface area contributed by atoms with E-state index in [0.717, 1.165) is 11.9 Å². The first kappa shape index (κ1) is 13.6. The van der Waals surface area contributed by atoms with Gasteiger partial charge in [0, 0.05) is 35.7 Å². The van der Waals surface area contributed by atoms with E-state index in [1.165, 1.54) is 23.6 Å². The van der Waals surface area contributed by atoms with Crippen molar-refractivity contribution >= 4 is 10.9 Å². The molecule has 2 aromatic rings. The maximum atomic E-state index is 14.1. The first-order valence-electron chi connectivity index (χ1n) is 7.12. The van der Waals surface area contributed by atoms with Gasteiger partial charge in [-0.3, -0.25) is 4.90 Å². The Morgan fingerprint density at radius 3 is 2.95 bits per heavy atom. The molecule has 1 aliphatic rings. The van der Waals surface area contributed by atoms with Gasteiger partial charge in [0.15, 0.2) is 0 Å². The number of halogens is 1. The number of nitrogens with one attached hydrogen (secondary N) is 1. The molecule has 0 spiro atoms. The van der Waals surface area contributed by atoms with Crippen LogP contribution >= 0.6 is 0 Å². The monoisotopic (exact) mass is 276 g/mol. The van der Waals surface area contributed by atoms with Gasteiger partial charge >= 0.3 is 0 Å². The maximum absolute atomic E-state index is 14.1. The lowest BCUT2D eigenvalue weighted by molar-refractivity contribution is 0.0277. The van der Waals surface area contributed by atoms with Gasteiger partial charge in [0.05, 0.1) is 6.61 Å². The van der Waals surface area contributed by atoms with Crippen molar-refractivity contribution in [3.63, 3.8) is 0 Å². The van der Waals surface area contributed by atoms with Crippen LogP contribution in [0.4, 0.5) is 4.39 Å². The van der Waals surface area contributed by atoms with Crippen LogP contribution in [-0.2, 0) is 13.0 Å². The van der Waals surface area contributed by atoms with Crippen molar-refractivity contribution in [2.75, 3.05) is 13.2 Å². The summed E-state index contributed by atoms with van der Waals surface area (Å²) < 4.78 is 14.1. The van der Waals surface area contributed by atoms with E-state index in [1.54, 1.807) is 0 Å². The van der Waals surface area contributed by atoms with Crippen LogP contribution in [0.15, 0.2) is 24.3 Å². The fourth-order valence-electron chi connectivity index (χ4n) is 3.09. The summed E-state index contributed by atoms with van der Waals surface area (Å²) in [5.74, 6) is 0. The number of aromatic nitrogens is 1. The zero-order valence-corrected chi connectivity index (χ0v) is 12.0. The molecule has 0 amide bonds. The largest absolute Gasteiger partial charge is 0.393 e. The number of H-pyrrole nitrogens is 1. The van der Waals surface area contributed by atoms with E-state index in [4.69, 9.17) is 5.11 Å². The summed E-state index contributed by atoms with van der Waals surface area (Å²) >= 11 is 0. The summed E-state index contributed by atoms with van der Waals surface area (Å²) in [6.07, 6.45) is 0.918. The van der Waals surface area contributed by atoms with Gasteiger partial charge in [0.1, 0.15) is 5.67 Å². The molecule has 1 aliphatic heterocycles. The second-order valence-corrected chi connectivity index (χ2v) is 6.16. The molecule has 108 valence electrons. The Hall–Kier alpha value is -1.39. The summed E-state index contributed by atoms with van der Waals surface area (Å²) in [5, 5.41) is 10.4. The fourth-order valence-corrected chi connectivity index (χ4v) is 3.09. The van der Waals surface area contributed by atoms with Crippen LogP contribution in [0.1, 0.15) is 25.1 Å². The first-order chi connectivity index (χ1) is 9.50. The van der Waals surface area contributed by atoms with E-state index < -0.39 is 12.3 Å². The van der Waals surface area contributed by atoms with E-state index in [2.05, 4.69) is 35.0 Å². The average Bonchev–Trinajstić information content (AvgIpc) is 2.77. The van der Waals surface area contributed by atoms with Gasteiger partial charge < -0.3 is 10.1 Å². The average molecular weight is 276 g/mol. The van der Waals surface area contributed by atoms with Crippen molar-refractivity contribution in [1.82, 2.24) is 9.88 Å². The number of fused-ring (bicyclic) bond motifs is 3. The summed E-state index contributed by atoms with van der Waals surface area (Å²) in [6, 6.07) is 8.58. The van der Waals surface area contributed by atoms with Crippen molar-refractivity contribution in [1.29, 1.82) is 0 Å². The van der Waals surface area contributed by atoms with Crippen molar-refractivity contribution in [2.45, 2.75) is 38.5 Å². The Labute approximate surface area is 118 Å². The summed E-state index contributed by atoms with van der Waals surface area (Å²) in [7, 11) is 0. The van der Waals surface area contributed by atoms with Crippen LogP contribution in [0, 0.1) is 0 Å². The Morgan fingerprint density at radius 1 is 1.45 bits per heavy atom. The molecule has 2 atom stereocenters. The molecule has 3 nitrogen and oxygen atoms in total. The molecular weight excluding hydrogens is 255 g/mol. The van der Waals surface area contributed by atoms with Gasteiger partial charge in [0.25, 0.3) is 0 Å². The molecule has 0 saturated heterocycles. The normalized spacial score (nSPS) is 22.7. The van der Waals surface area contributed by atoms with Crippen LogP contribution in [0.3, 0.4) is 0 Å². The number of hydrogen-bond donors (Lipinski definition) is 2. The summed E-state index contributed by atoms with van der Waals surface area (Å²) in [6.45, 7) is 4.12. The van der Waals surface area contributed by atoms with Crippen LogP contribution < -0.4 is 0 Å². The molecule has 1 aromatic carbocycles. The zero-order chi connectivity index (χ0) is 14.3. The Kier molecular flexibility index (Phi) is 3.30. The number of benzene rings is 1. The summed E-state index contributed by atoms with van der Waals surface area (Å²) in [4.78, 5) is 5.55. The van der Waals surface area contributed by atoms with Gasteiger partial charge in [-0.05, 0) is 31.9 Å². The number of para-hydroxylation sites is 1. The van der Waals surface area contributed by atoms with Gasteiger partial charge in [-0.15, -0.1) is 0 Å². The van der Waals surface area contributed by atoms with E-state index >= 15 is 0 Å². The minimum atomic E-state index is -1.54. The molecule has 0 unspecified atom stereocenters. The van der Waals surface area contributed by atoms with E-state index in [0.29, 0.717) is 6.54 Å². The lowest BCUT2D eigenvalue weighted by Crippen LogP contribution is -2.46. The van der Waals surface area contributed by atoms with Crippen LogP contribution in [-0.4, -0.2) is 39.9 Å². The molecule has 0 radical (unpaired) electrons. The molecule has 0 bridgehead atoms. The van der Waals surface area contributed by atoms with Gasteiger partial charge in [-0.25, -0.2) is 4.39 Å². The van der Waals surface area contributed by atoms with Crippen molar-refractivity contribution in [3.05, 3.63) is 35.5 Å². The van der Waals surface area contributed by atoms with E-state index in [9.17, 15) is 4.39 Å². The van der Waals surface area contributed by atoms with Gasteiger partial charge in [-0.1, -0.05) is 18.2 Å². The molecule has 2 N–H and O–H groups in total. The van der Waals surface area contributed by atoms with Crippen molar-refractivity contribution < 1.29 is 9.50 Å². The molecule has 1 aromatic heterocycles.